The van der Waals surface area contributed by atoms with E-state index in [9.17, 15) is 5.11 Å². The molecule has 1 saturated carbocycles. The largest absolute Gasteiger partial charge is 0.393 e. The highest BCUT2D eigenvalue weighted by Crippen LogP contribution is 2.23. The van der Waals surface area contributed by atoms with Gasteiger partial charge < -0.3 is 10.4 Å². The van der Waals surface area contributed by atoms with E-state index in [1.165, 1.54) is 18.4 Å². The Kier molecular flexibility index (Phi) is 5.20. The molecule has 0 spiro atoms. The van der Waals surface area contributed by atoms with Gasteiger partial charge in [-0.15, -0.1) is 0 Å². The lowest BCUT2D eigenvalue weighted by atomic mass is 9.87. The fraction of sp³-hybridized carbons (Fsp3) is 0.833. The molecule has 2 unspecified atom stereocenters. The fourth-order valence-electron chi connectivity index (χ4n) is 2.03. The number of hydrogen-bond acceptors (Lipinski definition) is 2. The van der Waals surface area contributed by atoms with Crippen molar-refractivity contribution in [2.24, 2.45) is 5.92 Å². The lowest BCUT2D eigenvalue weighted by molar-refractivity contribution is 0.101. The van der Waals surface area contributed by atoms with Crippen molar-refractivity contribution in [1.82, 2.24) is 5.32 Å². The van der Waals surface area contributed by atoms with Gasteiger partial charge in [0.05, 0.1) is 6.10 Å². The minimum Gasteiger partial charge on any atom is -0.393 e. The molecule has 0 aromatic rings. The summed E-state index contributed by atoms with van der Waals surface area (Å²) >= 11 is 0. The Morgan fingerprint density at radius 1 is 1.50 bits per heavy atom. The van der Waals surface area contributed by atoms with Crippen LogP contribution in [0.3, 0.4) is 0 Å². The summed E-state index contributed by atoms with van der Waals surface area (Å²) < 4.78 is 0. The third kappa shape index (κ3) is 4.25. The number of aliphatic hydroxyl groups excluding tert-OH is 1. The van der Waals surface area contributed by atoms with Gasteiger partial charge >= 0.3 is 0 Å². The second-order valence-corrected chi connectivity index (χ2v) is 4.42. The highest BCUT2D eigenvalue weighted by atomic mass is 16.3. The number of nitrogens with one attached hydrogen (secondary N) is 1. The summed E-state index contributed by atoms with van der Waals surface area (Å²) in [4.78, 5) is 0. The molecule has 2 nitrogen and oxygen atoms in total. The zero-order valence-corrected chi connectivity index (χ0v) is 9.26. The van der Waals surface area contributed by atoms with Crippen LogP contribution in [-0.2, 0) is 0 Å². The van der Waals surface area contributed by atoms with E-state index in [1.807, 2.05) is 0 Å². The van der Waals surface area contributed by atoms with Gasteiger partial charge in [-0.05, 0) is 38.1 Å². The summed E-state index contributed by atoms with van der Waals surface area (Å²) in [7, 11) is 0. The average Bonchev–Trinajstić information content (AvgIpc) is 2.17. The summed E-state index contributed by atoms with van der Waals surface area (Å²) in [5.74, 6) is 0.670. The molecule has 1 rings (SSSR count). The van der Waals surface area contributed by atoms with Crippen LogP contribution in [0.25, 0.3) is 0 Å². The molecule has 1 aliphatic rings. The van der Waals surface area contributed by atoms with Gasteiger partial charge in [0.15, 0.2) is 0 Å². The summed E-state index contributed by atoms with van der Waals surface area (Å²) in [6.07, 6.45) is 5.43. The molecular formula is C12H23NO. The Morgan fingerprint density at radius 2 is 2.29 bits per heavy atom. The predicted octanol–water partition coefficient (Wildman–Crippen LogP) is 2.09. The molecule has 0 heterocycles. The van der Waals surface area contributed by atoms with Crippen molar-refractivity contribution in [3.63, 3.8) is 0 Å². The maximum atomic E-state index is 9.49. The minimum atomic E-state index is -0.0510. The third-order valence-electron chi connectivity index (χ3n) is 3.06. The van der Waals surface area contributed by atoms with Gasteiger partial charge in [0.25, 0.3) is 0 Å². The van der Waals surface area contributed by atoms with Crippen molar-refractivity contribution >= 4 is 0 Å². The van der Waals surface area contributed by atoms with E-state index in [2.05, 4.69) is 18.8 Å². The van der Waals surface area contributed by atoms with Crippen molar-refractivity contribution in [3.05, 3.63) is 12.2 Å². The quantitative estimate of drug-likeness (QED) is 0.661. The zero-order chi connectivity index (χ0) is 10.4. The standard InChI is InChI=1S/C12H23NO/c1-3-10(2)8-13-9-11-5-4-6-12(14)7-11/h11-14H,2-9H2,1H3. The molecule has 1 fully saturated rings. The van der Waals surface area contributed by atoms with Crippen LogP contribution in [0.15, 0.2) is 12.2 Å². The first-order valence-electron chi connectivity index (χ1n) is 5.77. The first-order valence-corrected chi connectivity index (χ1v) is 5.77. The maximum absolute atomic E-state index is 9.49. The van der Waals surface area contributed by atoms with Gasteiger partial charge in [0, 0.05) is 6.54 Å². The molecule has 0 bridgehead atoms. The van der Waals surface area contributed by atoms with Crippen molar-refractivity contribution in [3.8, 4) is 0 Å². The molecule has 14 heavy (non-hydrogen) atoms. The van der Waals surface area contributed by atoms with Gasteiger partial charge in [-0.25, -0.2) is 0 Å². The number of hydrogen-bond donors (Lipinski definition) is 2. The zero-order valence-electron chi connectivity index (χ0n) is 9.26. The minimum absolute atomic E-state index is 0.0510. The second-order valence-electron chi connectivity index (χ2n) is 4.42. The molecule has 1 aliphatic carbocycles. The molecule has 82 valence electrons. The van der Waals surface area contributed by atoms with E-state index in [-0.39, 0.29) is 6.10 Å². The summed E-state index contributed by atoms with van der Waals surface area (Å²) in [5.41, 5.74) is 1.27. The normalized spacial score (nSPS) is 27.6. The van der Waals surface area contributed by atoms with E-state index in [0.717, 1.165) is 32.4 Å². The average molecular weight is 197 g/mol. The van der Waals surface area contributed by atoms with Gasteiger partial charge in [-0.2, -0.15) is 0 Å². The molecule has 0 aromatic carbocycles. The number of aliphatic hydroxyl groups is 1. The lowest BCUT2D eigenvalue weighted by Crippen LogP contribution is -2.30. The molecule has 0 aliphatic heterocycles. The van der Waals surface area contributed by atoms with Crippen molar-refractivity contribution in [2.75, 3.05) is 13.1 Å². The smallest absolute Gasteiger partial charge is 0.0543 e. The van der Waals surface area contributed by atoms with E-state index in [1.54, 1.807) is 0 Å². The third-order valence-corrected chi connectivity index (χ3v) is 3.06. The Hall–Kier alpha value is -0.340. The van der Waals surface area contributed by atoms with Crippen LogP contribution < -0.4 is 5.32 Å². The summed E-state index contributed by atoms with van der Waals surface area (Å²) in [5, 5.41) is 12.9. The molecule has 2 N–H and O–H groups in total. The first kappa shape index (κ1) is 11.7. The van der Waals surface area contributed by atoms with Crippen LogP contribution in [0, 0.1) is 5.92 Å². The van der Waals surface area contributed by atoms with Crippen LogP contribution in [0.1, 0.15) is 39.0 Å². The Labute approximate surface area is 87.4 Å². The molecular weight excluding hydrogens is 174 g/mol. The van der Waals surface area contributed by atoms with Gasteiger partial charge in [-0.1, -0.05) is 25.5 Å². The SMILES string of the molecule is C=C(CC)CNCC1CCCC(O)C1. The van der Waals surface area contributed by atoms with E-state index >= 15 is 0 Å². The van der Waals surface area contributed by atoms with Crippen LogP contribution >= 0.6 is 0 Å². The molecule has 0 saturated heterocycles. The van der Waals surface area contributed by atoms with Crippen LogP contribution in [0.4, 0.5) is 0 Å². The fourth-order valence-corrected chi connectivity index (χ4v) is 2.03. The molecule has 2 atom stereocenters. The monoisotopic (exact) mass is 197 g/mol. The van der Waals surface area contributed by atoms with E-state index in [4.69, 9.17) is 0 Å². The van der Waals surface area contributed by atoms with E-state index in [0.29, 0.717) is 5.92 Å². The summed E-state index contributed by atoms with van der Waals surface area (Å²) in [6.45, 7) is 8.06. The number of rotatable bonds is 5. The Morgan fingerprint density at radius 3 is 2.93 bits per heavy atom. The lowest BCUT2D eigenvalue weighted by Gasteiger charge is -2.26. The van der Waals surface area contributed by atoms with Crippen LogP contribution in [-0.4, -0.2) is 24.3 Å². The molecule has 0 aromatic heterocycles. The molecule has 2 heteroatoms. The van der Waals surface area contributed by atoms with Crippen molar-refractivity contribution in [1.29, 1.82) is 0 Å². The maximum Gasteiger partial charge on any atom is 0.0543 e. The predicted molar refractivity (Wildman–Crippen MR) is 60.3 cm³/mol. The van der Waals surface area contributed by atoms with Crippen molar-refractivity contribution < 1.29 is 5.11 Å². The van der Waals surface area contributed by atoms with Crippen LogP contribution in [0.5, 0.6) is 0 Å². The first-order chi connectivity index (χ1) is 6.72. The molecule has 0 amide bonds. The van der Waals surface area contributed by atoms with Gasteiger partial charge in [0.1, 0.15) is 0 Å². The van der Waals surface area contributed by atoms with Gasteiger partial charge in [0.2, 0.25) is 0 Å². The highest BCUT2D eigenvalue weighted by Gasteiger charge is 2.19. The summed E-state index contributed by atoms with van der Waals surface area (Å²) in [6, 6.07) is 0. The second kappa shape index (κ2) is 6.20. The van der Waals surface area contributed by atoms with Gasteiger partial charge in [-0.3, -0.25) is 0 Å². The Bertz CT molecular complexity index is 179. The van der Waals surface area contributed by atoms with E-state index < -0.39 is 0 Å². The topological polar surface area (TPSA) is 32.3 Å². The van der Waals surface area contributed by atoms with Crippen LogP contribution in [0.2, 0.25) is 0 Å². The van der Waals surface area contributed by atoms with Crippen molar-refractivity contribution in [2.45, 2.75) is 45.1 Å². The highest BCUT2D eigenvalue weighted by molar-refractivity contribution is 4.95. The Balaban J connectivity index is 2.08. The molecule has 0 radical (unpaired) electrons.